The van der Waals surface area contributed by atoms with Gasteiger partial charge in [-0.25, -0.2) is 4.52 Å². The topological polar surface area (TPSA) is 45.5 Å². The molecule has 2 heterocycles. The highest BCUT2D eigenvalue weighted by atomic mass is 79.9. The van der Waals surface area contributed by atoms with Crippen LogP contribution >= 0.6 is 15.9 Å². The van der Waals surface area contributed by atoms with E-state index in [0.29, 0.717) is 12.0 Å². The zero-order valence-corrected chi connectivity index (χ0v) is 13.2. The van der Waals surface area contributed by atoms with E-state index >= 15 is 0 Å². The molecule has 0 aromatic carbocycles. The van der Waals surface area contributed by atoms with Crippen LogP contribution in [0.3, 0.4) is 0 Å². The minimum Gasteiger partial charge on any atom is -0.352 e. The van der Waals surface area contributed by atoms with E-state index in [1.807, 2.05) is 18.3 Å². The van der Waals surface area contributed by atoms with Crippen molar-refractivity contribution in [3.8, 4) is 0 Å². The van der Waals surface area contributed by atoms with E-state index in [4.69, 9.17) is 0 Å². The molecule has 0 bridgehead atoms. The van der Waals surface area contributed by atoms with Gasteiger partial charge in [-0.3, -0.25) is 0 Å². The predicted molar refractivity (Wildman–Crippen MR) is 81.6 cm³/mol. The Labute approximate surface area is 122 Å². The van der Waals surface area contributed by atoms with E-state index in [0.717, 1.165) is 29.6 Å². The lowest BCUT2D eigenvalue weighted by Crippen LogP contribution is -2.32. The smallest absolute Gasteiger partial charge is 0.243 e. The summed E-state index contributed by atoms with van der Waals surface area (Å²) in [6.07, 6.45) is 3.06. The third-order valence-corrected chi connectivity index (χ3v) is 4.02. The van der Waals surface area contributed by atoms with Crippen LogP contribution in [0.5, 0.6) is 0 Å². The molecule has 0 saturated carbocycles. The van der Waals surface area contributed by atoms with E-state index in [2.05, 4.69) is 57.1 Å². The van der Waals surface area contributed by atoms with Gasteiger partial charge in [-0.1, -0.05) is 6.92 Å². The second-order valence-corrected chi connectivity index (χ2v) is 5.58. The van der Waals surface area contributed by atoms with Crippen LogP contribution in [0.4, 0.5) is 5.95 Å². The van der Waals surface area contributed by atoms with Crippen LogP contribution in [-0.2, 0) is 0 Å². The van der Waals surface area contributed by atoms with Crippen molar-refractivity contribution in [1.82, 2.24) is 19.5 Å². The average molecular weight is 326 g/mol. The molecular formula is C13H20BrN5. The number of fused-ring (bicyclic) bond motifs is 1. The molecule has 0 aliphatic carbocycles. The van der Waals surface area contributed by atoms with Crippen molar-refractivity contribution < 1.29 is 0 Å². The Bertz CT molecular complexity index is 539. The molecule has 0 saturated heterocycles. The summed E-state index contributed by atoms with van der Waals surface area (Å²) >= 11 is 3.47. The molecule has 6 heteroatoms. The molecule has 0 aliphatic rings. The van der Waals surface area contributed by atoms with Crippen LogP contribution in [0.1, 0.15) is 20.3 Å². The first-order valence-corrected chi connectivity index (χ1v) is 7.36. The highest BCUT2D eigenvalue weighted by Crippen LogP contribution is 2.16. The summed E-state index contributed by atoms with van der Waals surface area (Å²) in [5, 5.41) is 7.65. The summed E-state index contributed by atoms with van der Waals surface area (Å²) in [6, 6.07) is 4.50. The van der Waals surface area contributed by atoms with E-state index in [9.17, 15) is 0 Å². The Morgan fingerprint density at radius 2 is 2.32 bits per heavy atom. The molecule has 0 radical (unpaired) electrons. The largest absolute Gasteiger partial charge is 0.352 e. The van der Waals surface area contributed by atoms with Crippen LogP contribution in [0.15, 0.2) is 22.8 Å². The third kappa shape index (κ3) is 3.45. The van der Waals surface area contributed by atoms with Crippen LogP contribution < -0.4 is 5.32 Å². The first kappa shape index (κ1) is 14.3. The standard InChI is InChI=1S/C13H20BrN5/c1-4-10(2)18(3)9-7-15-13-16-12-11(14)6-5-8-19(12)17-13/h5-6,8,10H,4,7,9H2,1-3H3,(H,15,17). The highest BCUT2D eigenvalue weighted by molar-refractivity contribution is 9.10. The lowest BCUT2D eigenvalue weighted by Gasteiger charge is -2.23. The van der Waals surface area contributed by atoms with Gasteiger partial charge in [0.25, 0.3) is 0 Å². The molecule has 0 spiro atoms. The fourth-order valence-corrected chi connectivity index (χ4v) is 2.25. The number of anilines is 1. The monoisotopic (exact) mass is 325 g/mol. The van der Waals surface area contributed by atoms with Gasteiger partial charge >= 0.3 is 0 Å². The Morgan fingerprint density at radius 3 is 3.00 bits per heavy atom. The number of nitrogens with zero attached hydrogens (tertiary/aromatic N) is 4. The van der Waals surface area contributed by atoms with Crippen LogP contribution in [0.25, 0.3) is 5.65 Å². The molecule has 2 aromatic heterocycles. The molecule has 104 valence electrons. The molecule has 2 rings (SSSR count). The lowest BCUT2D eigenvalue weighted by atomic mass is 10.2. The number of hydrogen-bond donors (Lipinski definition) is 1. The fourth-order valence-electron chi connectivity index (χ4n) is 1.82. The Balaban J connectivity index is 1.93. The molecule has 0 aliphatic heterocycles. The van der Waals surface area contributed by atoms with E-state index in [-0.39, 0.29) is 0 Å². The van der Waals surface area contributed by atoms with Crippen LogP contribution in [-0.4, -0.2) is 45.7 Å². The number of likely N-dealkylation sites (N-methyl/N-ethyl adjacent to an activating group) is 1. The number of rotatable bonds is 6. The minimum atomic E-state index is 0.602. The molecule has 1 atom stereocenters. The lowest BCUT2D eigenvalue weighted by molar-refractivity contribution is 0.261. The average Bonchev–Trinajstić information content (AvgIpc) is 2.82. The maximum absolute atomic E-state index is 4.45. The number of nitrogens with one attached hydrogen (secondary N) is 1. The molecular weight excluding hydrogens is 306 g/mol. The third-order valence-electron chi connectivity index (χ3n) is 3.41. The van der Waals surface area contributed by atoms with Gasteiger partial charge in [0.1, 0.15) is 0 Å². The summed E-state index contributed by atoms with van der Waals surface area (Å²) in [4.78, 5) is 6.78. The van der Waals surface area contributed by atoms with Crippen molar-refractivity contribution >= 4 is 27.5 Å². The second-order valence-electron chi connectivity index (χ2n) is 4.72. The summed E-state index contributed by atoms with van der Waals surface area (Å²) < 4.78 is 2.72. The normalized spacial score (nSPS) is 13.1. The van der Waals surface area contributed by atoms with Gasteiger partial charge in [0.2, 0.25) is 5.95 Å². The first-order chi connectivity index (χ1) is 9.11. The quantitative estimate of drug-likeness (QED) is 0.886. The van der Waals surface area contributed by atoms with Crippen molar-refractivity contribution in [2.45, 2.75) is 26.3 Å². The first-order valence-electron chi connectivity index (χ1n) is 6.56. The van der Waals surface area contributed by atoms with Gasteiger partial charge in [0.05, 0.1) is 4.47 Å². The zero-order valence-electron chi connectivity index (χ0n) is 11.6. The van der Waals surface area contributed by atoms with Crippen LogP contribution in [0.2, 0.25) is 0 Å². The minimum absolute atomic E-state index is 0.602. The SMILES string of the molecule is CCC(C)N(C)CCNc1nc2c(Br)cccn2n1. The maximum Gasteiger partial charge on any atom is 0.243 e. The van der Waals surface area contributed by atoms with E-state index < -0.39 is 0 Å². The molecule has 5 nitrogen and oxygen atoms in total. The summed E-state index contributed by atoms with van der Waals surface area (Å²) in [5.74, 6) is 0.671. The molecule has 0 amide bonds. The van der Waals surface area contributed by atoms with Gasteiger partial charge in [-0.05, 0) is 48.5 Å². The number of hydrogen-bond acceptors (Lipinski definition) is 4. The summed E-state index contributed by atoms with van der Waals surface area (Å²) in [5.41, 5.74) is 0.834. The van der Waals surface area contributed by atoms with Crippen molar-refractivity contribution in [2.24, 2.45) is 0 Å². The van der Waals surface area contributed by atoms with Gasteiger partial charge in [0.15, 0.2) is 5.65 Å². The Morgan fingerprint density at radius 1 is 1.53 bits per heavy atom. The van der Waals surface area contributed by atoms with Gasteiger partial charge in [-0.15, -0.1) is 5.10 Å². The number of aromatic nitrogens is 3. The maximum atomic E-state index is 4.45. The van der Waals surface area contributed by atoms with Gasteiger partial charge in [0, 0.05) is 25.3 Å². The molecule has 0 fully saturated rings. The molecule has 1 N–H and O–H groups in total. The van der Waals surface area contributed by atoms with Gasteiger partial charge < -0.3 is 10.2 Å². The fraction of sp³-hybridized carbons (Fsp3) is 0.538. The second kappa shape index (κ2) is 6.34. The van der Waals surface area contributed by atoms with Crippen molar-refractivity contribution in [3.63, 3.8) is 0 Å². The molecule has 2 aromatic rings. The Kier molecular flexibility index (Phi) is 4.76. The zero-order chi connectivity index (χ0) is 13.8. The predicted octanol–water partition coefficient (Wildman–Crippen LogP) is 2.63. The number of pyridine rings is 1. The van der Waals surface area contributed by atoms with Crippen LogP contribution in [0, 0.1) is 0 Å². The number of halogens is 1. The van der Waals surface area contributed by atoms with Crippen molar-refractivity contribution in [3.05, 3.63) is 22.8 Å². The summed E-state index contributed by atoms with van der Waals surface area (Å²) in [6.45, 7) is 6.26. The Hall–Kier alpha value is -1.14. The van der Waals surface area contributed by atoms with E-state index in [1.54, 1.807) is 4.52 Å². The van der Waals surface area contributed by atoms with Crippen molar-refractivity contribution in [1.29, 1.82) is 0 Å². The van der Waals surface area contributed by atoms with Crippen molar-refractivity contribution in [2.75, 3.05) is 25.5 Å². The molecule has 19 heavy (non-hydrogen) atoms. The van der Waals surface area contributed by atoms with Gasteiger partial charge in [-0.2, -0.15) is 4.98 Å². The summed E-state index contributed by atoms with van der Waals surface area (Å²) in [7, 11) is 2.14. The van der Waals surface area contributed by atoms with E-state index in [1.165, 1.54) is 0 Å². The highest BCUT2D eigenvalue weighted by Gasteiger charge is 2.08. The molecule has 1 unspecified atom stereocenters.